The Labute approximate surface area is 111 Å². The summed E-state index contributed by atoms with van der Waals surface area (Å²) in [6.45, 7) is 4.05. The smallest absolute Gasteiger partial charge is 0.268 e. The van der Waals surface area contributed by atoms with Crippen molar-refractivity contribution in [2.45, 2.75) is 19.4 Å². The molecule has 0 radical (unpaired) electrons. The summed E-state index contributed by atoms with van der Waals surface area (Å²) in [5.41, 5.74) is 6.30. The Bertz CT molecular complexity index is 631. The lowest BCUT2D eigenvalue weighted by Crippen LogP contribution is -2.49. The lowest BCUT2D eigenvalue weighted by Gasteiger charge is -2.24. The summed E-state index contributed by atoms with van der Waals surface area (Å²) in [5, 5.41) is 3.69. The predicted molar refractivity (Wildman–Crippen MR) is 73.5 cm³/mol. The zero-order chi connectivity index (χ0) is 14.2. The molecule has 1 heterocycles. The van der Waals surface area contributed by atoms with Gasteiger partial charge in [-0.25, -0.2) is 4.39 Å². The highest BCUT2D eigenvalue weighted by atomic mass is 19.1. The first-order valence-corrected chi connectivity index (χ1v) is 6.11. The van der Waals surface area contributed by atoms with E-state index in [1.165, 1.54) is 12.1 Å². The zero-order valence-electron chi connectivity index (χ0n) is 11.3. The third-order valence-electron chi connectivity index (χ3n) is 3.20. The summed E-state index contributed by atoms with van der Waals surface area (Å²) in [5.74, 6) is -0.530. The monoisotopic (exact) mass is 263 g/mol. The number of rotatable bonds is 3. The Morgan fingerprint density at radius 1 is 1.42 bits per heavy atom. The molecule has 0 saturated heterocycles. The van der Waals surface area contributed by atoms with Gasteiger partial charge in [-0.3, -0.25) is 4.79 Å². The number of nitrogens with two attached hydrogens (primary N) is 1. The number of hydrogen-bond donors (Lipinski definition) is 2. The number of carbonyl (C=O) groups excluding carboxylic acids is 1. The van der Waals surface area contributed by atoms with Crippen LogP contribution in [0.3, 0.4) is 0 Å². The average Bonchev–Trinajstić information content (AvgIpc) is 2.66. The highest BCUT2D eigenvalue weighted by Gasteiger charge is 2.21. The summed E-state index contributed by atoms with van der Waals surface area (Å²) in [4.78, 5) is 12.2. The van der Waals surface area contributed by atoms with Crippen LogP contribution in [0.5, 0.6) is 0 Å². The molecule has 1 aromatic heterocycles. The molecule has 0 fully saturated rings. The number of carbonyl (C=O) groups is 1. The van der Waals surface area contributed by atoms with Crippen LogP contribution in [0.25, 0.3) is 10.9 Å². The van der Waals surface area contributed by atoms with Crippen molar-refractivity contribution in [1.29, 1.82) is 0 Å². The Kier molecular flexibility index (Phi) is 3.32. The zero-order valence-corrected chi connectivity index (χ0v) is 11.3. The number of aryl methyl sites for hydroxylation is 1. The molecule has 0 aliphatic heterocycles. The van der Waals surface area contributed by atoms with Crippen molar-refractivity contribution in [1.82, 2.24) is 9.88 Å². The molecule has 0 bridgehead atoms. The SMILES string of the molecule is Cn1c(C(=O)NC(C)(C)CN)cc2ccc(F)cc21. The van der Waals surface area contributed by atoms with E-state index in [4.69, 9.17) is 5.73 Å². The molecule has 0 unspecified atom stereocenters. The van der Waals surface area contributed by atoms with E-state index in [-0.39, 0.29) is 11.7 Å². The van der Waals surface area contributed by atoms with E-state index in [9.17, 15) is 9.18 Å². The van der Waals surface area contributed by atoms with Gasteiger partial charge in [0.05, 0.1) is 5.52 Å². The minimum atomic E-state index is -0.473. The maximum absolute atomic E-state index is 13.2. The van der Waals surface area contributed by atoms with E-state index in [0.717, 1.165) is 5.39 Å². The van der Waals surface area contributed by atoms with Crippen LogP contribution in [0.1, 0.15) is 24.3 Å². The highest BCUT2D eigenvalue weighted by Crippen LogP contribution is 2.20. The van der Waals surface area contributed by atoms with Crippen molar-refractivity contribution in [3.05, 3.63) is 35.8 Å². The Morgan fingerprint density at radius 3 is 2.74 bits per heavy atom. The maximum atomic E-state index is 13.2. The van der Waals surface area contributed by atoms with Gasteiger partial charge in [0.15, 0.2) is 0 Å². The number of fused-ring (bicyclic) bond motifs is 1. The first kappa shape index (κ1) is 13.5. The van der Waals surface area contributed by atoms with Crippen molar-refractivity contribution < 1.29 is 9.18 Å². The van der Waals surface area contributed by atoms with Gasteiger partial charge in [0, 0.05) is 24.5 Å². The fourth-order valence-corrected chi connectivity index (χ4v) is 1.94. The molecule has 102 valence electrons. The fourth-order valence-electron chi connectivity index (χ4n) is 1.94. The van der Waals surface area contributed by atoms with Crippen molar-refractivity contribution in [2.24, 2.45) is 12.8 Å². The number of nitrogens with one attached hydrogen (secondary N) is 1. The van der Waals surface area contributed by atoms with Gasteiger partial charge in [-0.1, -0.05) is 0 Å². The molecule has 0 spiro atoms. The molecule has 1 aromatic carbocycles. The van der Waals surface area contributed by atoms with Gasteiger partial charge in [-0.2, -0.15) is 0 Å². The standard InChI is InChI=1S/C14H18FN3O/c1-14(2,8-16)17-13(19)12-6-9-4-5-10(15)7-11(9)18(12)3/h4-7H,8,16H2,1-3H3,(H,17,19). The number of hydrogen-bond acceptors (Lipinski definition) is 2. The number of nitrogens with zero attached hydrogens (tertiary/aromatic N) is 1. The molecule has 1 amide bonds. The quantitative estimate of drug-likeness (QED) is 0.887. The van der Waals surface area contributed by atoms with Crippen LogP contribution in [0.4, 0.5) is 4.39 Å². The minimum absolute atomic E-state index is 0.213. The second kappa shape index (κ2) is 4.66. The molecule has 19 heavy (non-hydrogen) atoms. The van der Waals surface area contributed by atoms with Crippen molar-refractivity contribution in [3.8, 4) is 0 Å². The third-order valence-corrected chi connectivity index (χ3v) is 3.20. The molecular formula is C14H18FN3O. The number of aromatic nitrogens is 1. The van der Waals surface area contributed by atoms with Crippen LogP contribution >= 0.6 is 0 Å². The molecule has 0 atom stereocenters. The Hall–Kier alpha value is -1.88. The van der Waals surface area contributed by atoms with E-state index in [2.05, 4.69) is 5.32 Å². The van der Waals surface area contributed by atoms with Crippen LogP contribution in [0.2, 0.25) is 0 Å². The van der Waals surface area contributed by atoms with Gasteiger partial charge in [0.2, 0.25) is 0 Å². The molecular weight excluding hydrogens is 245 g/mol. The maximum Gasteiger partial charge on any atom is 0.268 e. The van der Waals surface area contributed by atoms with E-state index >= 15 is 0 Å². The van der Waals surface area contributed by atoms with Gasteiger partial charge in [0.25, 0.3) is 5.91 Å². The number of amides is 1. The van der Waals surface area contributed by atoms with E-state index in [1.807, 2.05) is 13.8 Å². The van der Waals surface area contributed by atoms with Crippen molar-refractivity contribution in [3.63, 3.8) is 0 Å². The van der Waals surface area contributed by atoms with Crippen LogP contribution in [-0.2, 0) is 7.05 Å². The summed E-state index contributed by atoms with van der Waals surface area (Å²) >= 11 is 0. The van der Waals surface area contributed by atoms with Crippen LogP contribution < -0.4 is 11.1 Å². The Morgan fingerprint density at radius 2 is 2.11 bits per heavy atom. The molecule has 4 nitrogen and oxygen atoms in total. The van der Waals surface area contributed by atoms with E-state index in [1.54, 1.807) is 23.7 Å². The topological polar surface area (TPSA) is 60.0 Å². The number of halogens is 1. The molecule has 2 aromatic rings. The lowest BCUT2D eigenvalue weighted by atomic mass is 10.1. The van der Waals surface area contributed by atoms with Crippen molar-refractivity contribution in [2.75, 3.05) is 6.54 Å². The molecule has 0 aliphatic carbocycles. The van der Waals surface area contributed by atoms with Crippen LogP contribution in [-0.4, -0.2) is 22.6 Å². The van der Waals surface area contributed by atoms with Gasteiger partial charge < -0.3 is 15.6 Å². The Balaban J connectivity index is 2.40. The molecule has 5 heteroatoms. The summed E-state index contributed by atoms with van der Waals surface area (Å²) < 4.78 is 14.9. The van der Waals surface area contributed by atoms with Gasteiger partial charge >= 0.3 is 0 Å². The van der Waals surface area contributed by atoms with E-state index in [0.29, 0.717) is 17.8 Å². The minimum Gasteiger partial charge on any atom is -0.345 e. The van der Waals surface area contributed by atoms with Gasteiger partial charge in [-0.15, -0.1) is 0 Å². The summed E-state index contributed by atoms with van der Waals surface area (Å²) in [6, 6.07) is 6.21. The third kappa shape index (κ3) is 2.61. The second-order valence-corrected chi connectivity index (χ2v) is 5.33. The second-order valence-electron chi connectivity index (χ2n) is 5.33. The lowest BCUT2D eigenvalue weighted by molar-refractivity contribution is 0.0908. The molecule has 2 rings (SSSR count). The van der Waals surface area contributed by atoms with Gasteiger partial charge in [0.1, 0.15) is 11.5 Å². The first-order chi connectivity index (χ1) is 8.84. The summed E-state index contributed by atoms with van der Waals surface area (Å²) in [7, 11) is 1.74. The molecule has 3 N–H and O–H groups in total. The fraction of sp³-hybridized carbons (Fsp3) is 0.357. The average molecular weight is 263 g/mol. The van der Waals surface area contributed by atoms with Crippen LogP contribution in [0, 0.1) is 5.82 Å². The summed E-state index contributed by atoms with van der Waals surface area (Å²) in [6.07, 6.45) is 0. The van der Waals surface area contributed by atoms with E-state index < -0.39 is 5.54 Å². The largest absolute Gasteiger partial charge is 0.345 e. The normalized spacial score (nSPS) is 11.8. The van der Waals surface area contributed by atoms with Gasteiger partial charge in [-0.05, 0) is 38.1 Å². The molecule has 0 aliphatic rings. The van der Waals surface area contributed by atoms with Crippen LogP contribution in [0.15, 0.2) is 24.3 Å². The number of benzene rings is 1. The predicted octanol–water partition coefficient (Wildman–Crippen LogP) is 1.78. The molecule has 0 saturated carbocycles. The van der Waals surface area contributed by atoms with Crippen molar-refractivity contribution >= 4 is 16.8 Å². The highest BCUT2D eigenvalue weighted by molar-refractivity contribution is 5.99. The first-order valence-electron chi connectivity index (χ1n) is 6.11.